The second-order valence-electron chi connectivity index (χ2n) is 4.53. The molecule has 2 rings (SSSR count). The number of nitrogens with zero attached hydrogens (tertiary/aromatic N) is 2. The van der Waals surface area contributed by atoms with Crippen molar-refractivity contribution in [1.29, 1.82) is 0 Å². The Labute approximate surface area is 99.9 Å². The maximum absolute atomic E-state index is 10.9. The fourth-order valence-corrected chi connectivity index (χ4v) is 2.06. The molecule has 0 bridgehead atoms. The van der Waals surface area contributed by atoms with Gasteiger partial charge < -0.3 is 5.11 Å². The molecule has 0 fully saturated rings. The quantitative estimate of drug-likeness (QED) is 0.884. The summed E-state index contributed by atoms with van der Waals surface area (Å²) >= 11 is 0. The van der Waals surface area contributed by atoms with Gasteiger partial charge >= 0.3 is 5.97 Å². The highest BCUT2D eigenvalue weighted by atomic mass is 16.4. The molecule has 1 heterocycles. The van der Waals surface area contributed by atoms with E-state index in [0.717, 1.165) is 22.2 Å². The molecule has 4 heteroatoms. The lowest BCUT2D eigenvalue weighted by atomic mass is 10.1. The number of hydrogen-bond acceptors (Lipinski definition) is 2. The van der Waals surface area contributed by atoms with E-state index < -0.39 is 5.97 Å². The zero-order valence-corrected chi connectivity index (χ0v) is 10.3. The number of aromatic nitrogens is 2. The molecular weight excluding hydrogens is 216 g/mol. The van der Waals surface area contributed by atoms with Crippen molar-refractivity contribution in [3.05, 3.63) is 29.5 Å². The van der Waals surface area contributed by atoms with Gasteiger partial charge in [-0.1, -0.05) is 18.2 Å². The van der Waals surface area contributed by atoms with Crippen LogP contribution in [0.25, 0.3) is 10.9 Å². The van der Waals surface area contributed by atoms with Crippen molar-refractivity contribution < 1.29 is 9.90 Å². The van der Waals surface area contributed by atoms with Crippen molar-refractivity contribution in [1.82, 2.24) is 9.78 Å². The zero-order chi connectivity index (χ0) is 12.6. The van der Waals surface area contributed by atoms with Crippen molar-refractivity contribution in [3.8, 4) is 0 Å². The van der Waals surface area contributed by atoms with Gasteiger partial charge in [-0.3, -0.25) is 9.48 Å². The fourth-order valence-electron chi connectivity index (χ4n) is 2.06. The molecule has 1 aromatic heterocycles. The zero-order valence-electron chi connectivity index (χ0n) is 10.3. The van der Waals surface area contributed by atoms with Crippen molar-refractivity contribution in [2.45, 2.75) is 33.2 Å². The van der Waals surface area contributed by atoms with Gasteiger partial charge in [-0.2, -0.15) is 5.10 Å². The van der Waals surface area contributed by atoms with Crippen molar-refractivity contribution in [2.75, 3.05) is 0 Å². The number of aliphatic carboxylic acids is 1. The Kier molecular flexibility index (Phi) is 2.88. The van der Waals surface area contributed by atoms with Crippen molar-refractivity contribution in [3.63, 3.8) is 0 Å². The molecule has 2 aromatic rings. The highest BCUT2D eigenvalue weighted by Gasteiger charge is 2.16. The molecule has 17 heavy (non-hydrogen) atoms. The normalized spacial score (nSPS) is 11.3. The van der Waals surface area contributed by atoms with E-state index in [1.807, 2.05) is 43.7 Å². The maximum atomic E-state index is 10.9. The van der Waals surface area contributed by atoms with Crippen LogP contribution >= 0.6 is 0 Å². The number of fused-ring (bicyclic) bond motifs is 1. The van der Waals surface area contributed by atoms with E-state index in [0.29, 0.717) is 0 Å². The highest BCUT2D eigenvalue weighted by Crippen LogP contribution is 2.24. The third kappa shape index (κ3) is 2.02. The van der Waals surface area contributed by atoms with E-state index in [-0.39, 0.29) is 12.5 Å². The molecule has 0 amide bonds. The van der Waals surface area contributed by atoms with Gasteiger partial charge in [0.25, 0.3) is 0 Å². The third-order valence-corrected chi connectivity index (χ3v) is 2.84. The van der Waals surface area contributed by atoms with Crippen LogP contribution in [0.4, 0.5) is 0 Å². The summed E-state index contributed by atoms with van der Waals surface area (Å²) in [5.74, 6) is -0.824. The average molecular weight is 232 g/mol. The Morgan fingerprint density at radius 3 is 2.76 bits per heavy atom. The predicted molar refractivity (Wildman–Crippen MR) is 66.2 cm³/mol. The summed E-state index contributed by atoms with van der Waals surface area (Å²) in [5, 5.41) is 14.4. The molecule has 0 spiro atoms. The van der Waals surface area contributed by atoms with Crippen LogP contribution in [-0.4, -0.2) is 20.9 Å². The molecule has 1 N–H and O–H groups in total. The standard InChI is InChI=1S/C13H16N2O2/c1-8(2)15-11(7-12(16)17)10-6-4-5-9(3)13(10)14-15/h4-6,8H,7H2,1-3H3,(H,16,17). The minimum Gasteiger partial charge on any atom is -0.481 e. The van der Waals surface area contributed by atoms with Crippen LogP contribution in [0, 0.1) is 6.92 Å². The number of carboxylic acids is 1. The molecule has 0 aliphatic carbocycles. The lowest BCUT2D eigenvalue weighted by Gasteiger charge is -2.09. The average Bonchev–Trinajstić information content (AvgIpc) is 2.58. The molecule has 0 aliphatic heterocycles. The summed E-state index contributed by atoms with van der Waals surface area (Å²) in [6.07, 6.45) is 0.0120. The van der Waals surface area contributed by atoms with Gasteiger partial charge in [0.15, 0.2) is 0 Å². The van der Waals surface area contributed by atoms with Crippen LogP contribution in [0.1, 0.15) is 31.1 Å². The van der Waals surface area contributed by atoms with E-state index in [4.69, 9.17) is 5.11 Å². The number of aryl methyl sites for hydroxylation is 1. The predicted octanol–water partition coefficient (Wildman–Crippen LogP) is 2.55. The summed E-state index contributed by atoms with van der Waals surface area (Å²) in [7, 11) is 0. The Morgan fingerprint density at radius 1 is 1.47 bits per heavy atom. The molecule has 0 saturated carbocycles. The van der Waals surface area contributed by atoms with Gasteiger partial charge in [-0.05, 0) is 26.3 Å². The molecule has 0 aliphatic rings. The Morgan fingerprint density at radius 2 is 2.18 bits per heavy atom. The van der Waals surface area contributed by atoms with E-state index in [2.05, 4.69) is 5.10 Å². The van der Waals surface area contributed by atoms with Gasteiger partial charge in [-0.15, -0.1) is 0 Å². The second-order valence-corrected chi connectivity index (χ2v) is 4.53. The Bertz CT molecular complexity index is 570. The maximum Gasteiger partial charge on any atom is 0.309 e. The largest absolute Gasteiger partial charge is 0.481 e. The number of rotatable bonds is 3. The minimum atomic E-state index is -0.824. The Hall–Kier alpha value is -1.84. The smallest absolute Gasteiger partial charge is 0.309 e. The first kappa shape index (κ1) is 11.6. The number of carbonyl (C=O) groups is 1. The minimum absolute atomic E-state index is 0.0120. The number of hydrogen-bond donors (Lipinski definition) is 1. The van der Waals surface area contributed by atoms with Crippen LogP contribution in [0.3, 0.4) is 0 Å². The van der Waals surface area contributed by atoms with Gasteiger partial charge in [0.05, 0.1) is 17.6 Å². The molecule has 90 valence electrons. The molecule has 0 unspecified atom stereocenters. The lowest BCUT2D eigenvalue weighted by molar-refractivity contribution is -0.136. The molecule has 0 atom stereocenters. The second kappa shape index (κ2) is 4.20. The highest BCUT2D eigenvalue weighted by molar-refractivity contribution is 5.87. The van der Waals surface area contributed by atoms with Gasteiger partial charge in [-0.25, -0.2) is 0 Å². The number of benzene rings is 1. The summed E-state index contributed by atoms with van der Waals surface area (Å²) in [6, 6.07) is 6.03. The third-order valence-electron chi connectivity index (χ3n) is 2.84. The van der Waals surface area contributed by atoms with Crippen LogP contribution in [-0.2, 0) is 11.2 Å². The van der Waals surface area contributed by atoms with Crippen LogP contribution in [0.15, 0.2) is 18.2 Å². The SMILES string of the molecule is Cc1cccc2c(CC(=O)O)n(C(C)C)nc12. The van der Waals surface area contributed by atoms with Crippen molar-refractivity contribution in [2.24, 2.45) is 0 Å². The lowest BCUT2D eigenvalue weighted by Crippen LogP contribution is -2.11. The van der Waals surface area contributed by atoms with Gasteiger partial charge in [0.2, 0.25) is 0 Å². The molecule has 0 saturated heterocycles. The van der Waals surface area contributed by atoms with Gasteiger partial charge in [0.1, 0.15) is 0 Å². The van der Waals surface area contributed by atoms with E-state index in [1.54, 1.807) is 0 Å². The summed E-state index contributed by atoms with van der Waals surface area (Å²) in [4.78, 5) is 10.9. The van der Waals surface area contributed by atoms with E-state index in [1.165, 1.54) is 0 Å². The first-order chi connectivity index (χ1) is 8.00. The topological polar surface area (TPSA) is 55.1 Å². The van der Waals surface area contributed by atoms with Crippen LogP contribution in [0.2, 0.25) is 0 Å². The molecule has 0 radical (unpaired) electrons. The monoisotopic (exact) mass is 232 g/mol. The first-order valence-corrected chi connectivity index (χ1v) is 5.69. The summed E-state index contributed by atoms with van der Waals surface area (Å²) in [5.41, 5.74) is 2.76. The van der Waals surface area contributed by atoms with Crippen LogP contribution < -0.4 is 0 Å². The fraction of sp³-hybridized carbons (Fsp3) is 0.385. The molecular formula is C13H16N2O2. The molecule has 4 nitrogen and oxygen atoms in total. The van der Waals surface area contributed by atoms with E-state index >= 15 is 0 Å². The van der Waals surface area contributed by atoms with Gasteiger partial charge in [0, 0.05) is 11.4 Å². The molecule has 1 aromatic carbocycles. The summed E-state index contributed by atoms with van der Waals surface area (Å²) < 4.78 is 1.81. The Balaban J connectivity index is 2.71. The first-order valence-electron chi connectivity index (χ1n) is 5.69. The van der Waals surface area contributed by atoms with E-state index in [9.17, 15) is 4.79 Å². The summed E-state index contributed by atoms with van der Waals surface area (Å²) in [6.45, 7) is 6.00. The van der Waals surface area contributed by atoms with Crippen molar-refractivity contribution >= 4 is 16.9 Å². The number of carboxylic acid groups (broad SMARTS) is 1. The van der Waals surface area contributed by atoms with Crippen LogP contribution in [0.5, 0.6) is 0 Å².